The molecule has 3 rings (SSSR count). The second-order valence-electron chi connectivity index (χ2n) is 4.28. The number of benzene rings is 1. The fraction of sp³-hybridized carbons (Fsp3) is 0.214. The molecule has 1 aromatic heterocycles. The summed E-state index contributed by atoms with van der Waals surface area (Å²) >= 11 is 5.80. The van der Waals surface area contributed by atoms with Crippen molar-refractivity contribution in [3.05, 3.63) is 52.9 Å². The number of carbonyl (C=O) groups is 1. The van der Waals surface area contributed by atoms with E-state index in [0.717, 1.165) is 18.6 Å². The van der Waals surface area contributed by atoms with E-state index in [1.807, 2.05) is 6.07 Å². The summed E-state index contributed by atoms with van der Waals surface area (Å²) in [6, 6.07) is 8.71. The van der Waals surface area contributed by atoms with E-state index in [0.29, 0.717) is 17.2 Å². The number of ether oxygens (including phenoxy) is 1. The zero-order chi connectivity index (χ0) is 12.5. The van der Waals surface area contributed by atoms with Gasteiger partial charge in [-0.3, -0.25) is 4.79 Å². The quantitative estimate of drug-likeness (QED) is 0.789. The Morgan fingerprint density at radius 2 is 2.17 bits per heavy atom. The molecular formula is C14H11ClO3. The van der Waals surface area contributed by atoms with Crippen molar-refractivity contribution < 1.29 is 13.9 Å². The van der Waals surface area contributed by atoms with Gasteiger partial charge in [-0.2, -0.15) is 0 Å². The monoisotopic (exact) mass is 262 g/mol. The van der Waals surface area contributed by atoms with E-state index in [1.54, 1.807) is 24.3 Å². The Morgan fingerprint density at radius 3 is 2.83 bits per heavy atom. The Labute approximate surface area is 109 Å². The molecule has 0 N–H and O–H groups in total. The molecule has 18 heavy (non-hydrogen) atoms. The fourth-order valence-electron chi connectivity index (χ4n) is 1.70. The lowest BCUT2D eigenvalue weighted by Gasteiger charge is -2.05. The number of ketones is 1. The second-order valence-corrected chi connectivity index (χ2v) is 4.63. The lowest BCUT2D eigenvalue weighted by molar-refractivity contribution is 0.103. The highest BCUT2D eigenvalue weighted by atomic mass is 35.5. The minimum Gasteiger partial charge on any atom is -0.490 e. The molecule has 0 radical (unpaired) electrons. The van der Waals surface area contributed by atoms with Crippen LogP contribution in [-0.4, -0.2) is 11.9 Å². The van der Waals surface area contributed by atoms with E-state index < -0.39 is 0 Å². The largest absolute Gasteiger partial charge is 0.490 e. The number of hydrogen-bond donors (Lipinski definition) is 0. The van der Waals surface area contributed by atoms with Crippen LogP contribution in [0.4, 0.5) is 0 Å². The van der Waals surface area contributed by atoms with Crippen LogP contribution in [-0.2, 0) is 0 Å². The third-order valence-electron chi connectivity index (χ3n) is 2.79. The van der Waals surface area contributed by atoms with Gasteiger partial charge in [0.2, 0.25) is 5.22 Å². The minimum atomic E-state index is -0.157. The summed E-state index contributed by atoms with van der Waals surface area (Å²) in [5.74, 6) is 0.568. The molecule has 1 heterocycles. The molecule has 1 fully saturated rings. The Kier molecular flexibility index (Phi) is 2.84. The van der Waals surface area contributed by atoms with Crippen LogP contribution in [0.25, 0.3) is 0 Å². The third kappa shape index (κ3) is 2.27. The van der Waals surface area contributed by atoms with Gasteiger partial charge in [0.05, 0.1) is 17.9 Å². The average molecular weight is 263 g/mol. The second kappa shape index (κ2) is 4.50. The molecule has 3 nitrogen and oxygen atoms in total. The smallest absolute Gasteiger partial charge is 0.204 e. The first-order valence-electron chi connectivity index (χ1n) is 5.78. The number of halogens is 1. The van der Waals surface area contributed by atoms with Crippen molar-refractivity contribution in [1.29, 1.82) is 0 Å². The van der Waals surface area contributed by atoms with Crippen molar-refractivity contribution in [2.75, 3.05) is 0 Å². The van der Waals surface area contributed by atoms with Crippen LogP contribution in [0.1, 0.15) is 28.8 Å². The summed E-state index contributed by atoms with van der Waals surface area (Å²) in [7, 11) is 0. The van der Waals surface area contributed by atoms with E-state index in [4.69, 9.17) is 20.8 Å². The Balaban J connectivity index is 1.87. The standard InChI is InChI=1S/C14H11ClO3/c15-14-12(6-7-17-14)13(16)9-2-1-3-11(8-9)18-10-4-5-10/h1-3,6-8,10H,4-5H2. The van der Waals surface area contributed by atoms with Crippen LogP contribution >= 0.6 is 11.6 Å². The molecule has 0 bridgehead atoms. The fourth-order valence-corrected chi connectivity index (χ4v) is 1.90. The van der Waals surface area contributed by atoms with Gasteiger partial charge in [0, 0.05) is 5.56 Å². The van der Waals surface area contributed by atoms with Crippen molar-refractivity contribution in [1.82, 2.24) is 0 Å². The normalized spacial score (nSPS) is 14.5. The molecular weight excluding hydrogens is 252 g/mol. The molecule has 1 aromatic carbocycles. The average Bonchev–Trinajstić information content (AvgIpc) is 3.08. The number of carbonyl (C=O) groups excluding carboxylic acids is 1. The number of hydrogen-bond acceptors (Lipinski definition) is 3. The Bertz CT molecular complexity index is 584. The van der Waals surface area contributed by atoms with Gasteiger partial charge < -0.3 is 9.15 Å². The molecule has 1 saturated carbocycles. The first-order valence-corrected chi connectivity index (χ1v) is 6.16. The summed E-state index contributed by atoms with van der Waals surface area (Å²) < 4.78 is 10.6. The molecule has 92 valence electrons. The van der Waals surface area contributed by atoms with Crippen LogP contribution in [0.3, 0.4) is 0 Å². The van der Waals surface area contributed by atoms with Crippen molar-refractivity contribution >= 4 is 17.4 Å². The summed E-state index contributed by atoms with van der Waals surface area (Å²) in [6.07, 6.45) is 3.89. The minimum absolute atomic E-state index is 0.119. The SMILES string of the molecule is O=C(c1cccc(OC2CC2)c1)c1ccoc1Cl. The maximum Gasteiger partial charge on any atom is 0.204 e. The molecule has 1 aliphatic rings. The maximum atomic E-state index is 12.2. The van der Waals surface area contributed by atoms with Gasteiger partial charge in [-0.25, -0.2) is 0 Å². The van der Waals surface area contributed by atoms with Crippen LogP contribution in [0.2, 0.25) is 5.22 Å². The highest BCUT2D eigenvalue weighted by molar-refractivity contribution is 6.33. The van der Waals surface area contributed by atoms with Gasteiger partial charge in [0.25, 0.3) is 0 Å². The van der Waals surface area contributed by atoms with Gasteiger partial charge in [-0.15, -0.1) is 0 Å². The Hall–Kier alpha value is -1.74. The predicted molar refractivity (Wildman–Crippen MR) is 67.2 cm³/mol. The molecule has 0 atom stereocenters. The first kappa shape index (κ1) is 11.4. The van der Waals surface area contributed by atoms with E-state index in [2.05, 4.69) is 0 Å². The molecule has 0 aliphatic heterocycles. The molecule has 0 unspecified atom stereocenters. The topological polar surface area (TPSA) is 39.4 Å². The third-order valence-corrected chi connectivity index (χ3v) is 3.08. The highest BCUT2D eigenvalue weighted by Crippen LogP contribution is 2.28. The molecule has 0 saturated heterocycles. The van der Waals surface area contributed by atoms with Crippen LogP contribution < -0.4 is 4.74 Å². The van der Waals surface area contributed by atoms with Crippen LogP contribution in [0.15, 0.2) is 41.0 Å². The number of rotatable bonds is 4. The van der Waals surface area contributed by atoms with Crippen molar-refractivity contribution in [2.45, 2.75) is 18.9 Å². The van der Waals surface area contributed by atoms with Crippen molar-refractivity contribution in [3.8, 4) is 5.75 Å². The van der Waals surface area contributed by atoms with Gasteiger partial charge >= 0.3 is 0 Å². The van der Waals surface area contributed by atoms with E-state index in [-0.39, 0.29) is 11.0 Å². The molecule has 1 aliphatic carbocycles. The van der Waals surface area contributed by atoms with Crippen LogP contribution in [0, 0.1) is 0 Å². The predicted octanol–water partition coefficient (Wildman–Crippen LogP) is 3.71. The summed E-state index contributed by atoms with van der Waals surface area (Å²) in [4.78, 5) is 12.2. The zero-order valence-corrected chi connectivity index (χ0v) is 10.3. The molecule has 2 aromatic rings. The molecule has 0 spiro atoms. The number of furan rings is 1. The van der Waals surface area contributed by atoms with Gasteiger partial charge in [-0.1, -0.05) is 12.1 Å². The van der Waals surface area contributed by atoms with Gasteiger partial charge in [0.15, 0.2) is 5.78 Å². The van der Waals surface area contributed by atoms with Crippen molar-refractivity contribution in [2.24, 2.45) is 0 Å². The molecule has 4 heteroatoms. The van der Waals surface area contributed by atoms with Crippen LogP contribution in [0.5, 0.6) is 5.75 Å². The van der Waals surface area contributed by atoms with Gasteiger partial charge in [-0.05, 0) is 42.6 Å². The van der Waals surface area contributed by atoms with E-state index in [9.17, 15) is 4.79 Å². The van der Waals surface area contributed by atoms with Gasteiger partial charge in [0.1, 0.15) is 5.75 Å². The van der Waals surface area contributed by atoms with E-state index in [1.165, 1.54) is 6.26 Å². The Morgan fingerprint density at radius 1 is 1.33 bits per heavy atom. The lowest BCUT2D eigenvalue weighted by atomic mass is 10.1. The zero-order valence-electron chi connectivity index (χ0n) is 9.56. The maximum absolute atomic E-state index is 12.2. The summed E-state index contributed by atoms with van der Waals surface area (Å²) in [5, 5.41) is 0.119. The highest BCUT2D eigenvalue weighted by Gasteiger charge is 2.24. The summed E-state index contributed by atoms with van der Waals surface area (Å²) in [6.45, 7) is 0. The molecule has 0 amide bonds. The van der Waals surface area contributed by atoms with Crippen molar-refractivity contribution in [3.63, 3.8) is 0 Å². The summed E-state index contributed by atoms with van der Waals surface area (Å²) in [5.41, 5.74) is 0.927. The van der Waals surface area contributed by atoms with E-state index >= 15 is 0 Å². The first-order chi connectivity index (χ1) is 8.74. The lowest BCUT2D eigenvalue weighted by Crippen LogP contribution is -2.02.